The van der Waals surface area contributed by atoms with Crippen LogP contribution in [0.5, 0.6) is 0 Å². The van der Waals surface area contributed by atoms with Gasteiger partial charge in [-0.3, -0.25) is 14.4 Å². The highest BCUT2D eigenvalue weighted by molar-refractivity contribution is 5.83. The first kappa shape index (κ1) is 23.8. The molecule has 0 unspecified atom stereocenters. The fraction of sp³-hybridized carbons (Fsp3) is 0.889. The van der Waals surface area contributed by atoms with E-state index < -0.39 is 0 Å². The maximum atomic E-state index is 13.4. The van der Waals surface area contributed by atoms with E-state index in [1.807, 2.05) is 0 Å². The third-order valence-electron chi connectivity index (χ3n) is 10.5. The van der Waals surface area contributed by atoms with E-state index in [0.29, 0.717) is 54.6 Å². The van der Waals surface area contributed by atoms with Crippen LogP contribution in [0.15, 0.2) is 0 Å². The molecule has 0 radical (unpaired) electrons. The van der Waals surface area contributed by atoms with E-state index >= 15 is 0 Å². The minimum atomic E-state index is -0.230. The van der Waals surface area contributed by atoms with Crippen molar-refractivity contribution < 1.29 is 23.9 Å². The second-order valence-corrected chi connectivity index (χ2v) is 11.9. The van der Waals surface area contributed by atoms with Gasteiger partial charge in [0.2, 0.25) is 0 Å². The van der Waals surface area contributed by atoms with E-state index in [1.54, 1.807) is 0 Å². The van der Waals surface area contributed by atoms with Crippen LogP contribution in [0.25, 0.3) is 0 Å². The monoisotopic (exact) mass is 446 g/mol. The molecule has 5 heteroatoms. The number of methoxy groups -OCH3 is 1. The molecule has 4 aliphatic rings. The second kappa shape index (κ2) is 8.76. The third kappa shape index (κ3) is 3.92. The van der Waals surface area contributed by atoms with E-state index in [0.717, 1.165) is 19.3 Å². The fourth-order valence-corrected chi connectivity index (χ4v) is 8.97. The lowest BCUT2D eigenvalue weighted by atomic mass is 9.44. The molecular formula is C27H42O5. The van der Waals surface area contributed by atoms with E-state index in [4.69, 9.17) is 9.47 Å². The quantitative estimate of drug-likeness (QED) is 0.533. The van der Waals surface area contributed by atoms with Gasteiger partial charge in [-0.1, -0.05) is 20.8 Å². The number of ether oxygens (including phenoxy) is 2. The minimum Gasteiger partial charge on any atom is -0.469 e. The minimum absolute atomic E-state index is 0.0439. The molecule has 0 N–H and O–H groups in total. The summed E-state index contributed by atoms with van der Waals surface area (Å²) in [5, 5.41) is 0. The highest BCUT2D eigenvalue weighted by Crippen LogP contribution is 2.67. The van der Waals surface area contributed by atoms with E-state index in [2.05, 4.69) is 20.8 Å². The van der Waals surface area contributed by atoms with Crippen LogP contribution in [0.4, 0.5) is 0 Å². The van der Waals surface area contributed by atoms with Gasteiger partial charge in [0.15, 0.2) is 0 Å². The van der Waals surface area contributed by atoms with Gasteiger partial charge in [-0.2, -0.15) is 0 Å². The lowest BCUT2D eigenvalue weighted by molar-refractivity contribution is -0.169. The van der Waals surface area contributed by atoms with Crippen molar-refractivity contribution >= 4 is 17.7 Å². The van der Waals surface area contributed by atoms with Crippen molar-refractivity contribution in [1.29, 1.82) is 0 Å². The van der Waals surface area contributed by atoms with Gasteiger partial charge in [-0.25, -0.2) is 0 Å². The Kier molecular flexibility index (Phi) is 6.50. The summed E-state index contributed by atoms with van der Waals surface area (Å²) in [4.78, 5) is 36.6. The molecule has 0 bridgehead atoms. The van der Waals surface area contributed by atoms with E-state index in [-0.39, 0.29) is 34.8 Å². The highest BCUT2D eigenvalue weighted by Gasteiger charge is 2.62. The van der Waals surface area contributed by atoms with Crippen LogP contribution in [0.1, 0.15) is 91.9 Å². The maximum Gasteiger partial charge on any atom is 0.305 e. The number of carbonyl (C=O) groups excluding carboxylic acids is 3. The van der Waals surface area contributed by atoms with E-state index in [1.165, 1.54) is 39.7 Å². The summed E-state index contributed by atoms with van der Waals surface area (Å²) >= 11 is 0. The normalized spacial score (nSPS) is 44.1. The first-order valence-corrected chi connectivity index (χ1v) is 12.9. The second-order valence-electron chi connectivity index (χ2n) is 11.9. The number of hydrogen-bond donors (Lipinski definition) is 0. The molecule has 4 saturated carbocycles. The Bertz CT molecular complexity index is 761. The number of hydrogen-bond acceptors (Lipinski definition) is 5. The van der Waals surface area contributed by atoms with Gasteiger partial charge in [0.1, 0.15) is 11.9 Å². The molecule has 0 heterocycles. The molecule has 0 aromatic heterocycles. The summed E-state index contributed by atoms with van der Waals surface area (Å²) in [6.45, 7) is 8.63. The van der Waals surface area contributed by atoms with Crippen molar-refractivity contribution in [2.75, 3.05) is 7.11 Å². The van der Waals surface area contributed by atoms with Crippen LogP contribution >= 0.6 is 0 Å². The molecule has 0 amide bonds. The Morgan fingerprint density at radius 2 is 1.75 bits per heavy atom. The zero-order chi connectivity index (χ0) is 23.3. The van der Waals surface area contributed by atoms with Gasteiger partial charge in [0, 0.05) is 25.7 Å². The van der Waals surface area contributed by atoms with Crippen molar-refractivity contribution in [3.05, 3.63) is 0 Å². The molecule has 0 saturated heterocycles. The van der Waals surface area contributed by atoms with Gasteiger partial charge in [-0.05, 0) is 91.8 Å². The molecule has 0 aromatic carbocycles. The third-order valence-corrected chi connectivity index (χ3v) is 10.5. The summed E-state index contributed by atoms with van der Waals surface area (Å²) in [5.41, 5.74) is 0.321. The number of ketones is 1. The van der Waals surface area contributed by atoms with Gasteiger partial charge in [0.25, 0.3) is 0 Å². The summed E-state index contributed by atoms with van der Waals surface area (Å²) in [7, 11) is 1.47. The molecule has 0 aromatic rings. The SMILES string of the molecule is COC(=O)CC[C@@H](C)[C@H]1CC[C@H]2[C@@H]3CC(=O)[C@H]4C[C@H](OC(C)=O)CC[C@]4(C)[C@H]3CC[C@@]12C. The van der Waals surface area contributed by atoms with Crippen molar-refractivity contribution in [2.45, 2.75) is 98.0 Å². The Hall–Kier alpha value is -1.39. The molecule has 4 rings (SSSR count). The van der Waals surface area contributed by atoms with E-state index in [9.17, 15) is 14.4 Å². The molecule has 0 aliphatic heterocycles. The predicted octanol–water partition coefficient (Wildman–Crippen LogP) is 5.35. The number of fused-ring (bicyclic) bond motifs is 5. The first-order chi connectivity index (χ1) is 15.1. The zero-order valence-electron chi connectivity index (χ0n) is 20.7. The molecule has 5 nitrogen and oxygen atoms in total. The Morgan fingerprint density at radius 3 is 2.44 bits per heavy atom. The number of rotatable bonds is 5. The summed E-state index contributed by atoms with van der Waals surface area (Å²) < 4.78 is 10.4. The molecule has 4 fully saturated rings. The highest BCUT2D eigenvalue weighted by atomic mass is 16.5. The smallest absolute Gasteiger partial charge is 0.305 e. The average Bonchev–Trinajstić information content (AvgIpc) is 3.10. The van der Waals surface area contributed by atoms with Crippen molar-refractivity contribution in [3.63, 3.8) is 0 Å². The van der Waals surface area contributed by atoms with Crippen LogP contribution in [-0.4, -0.2) is 30.9 Å². The number of esters is 2. The lowest BCUT2D eigenvalue weighted by Gasteiger charge is -2.60. The Balaban J connectivity index is 1.50. The number of carbonyl (C=O) groups is 3. The molecule has 0 spiro atoms. The topological polar surface area (TPSA) is 69.7 Å². The van der Waals surface area contributed by atoms with Gasteiger partial charge >= 0.3 is 11.9 Å². The van der Waals surface area contributed by atoms with Gasteiger partial charge in [-0.15, -0.1) is 0 Å². The van der Waals surface area contributed by atoms with Crippen LogP contribution < -0.4 is 0 Å². The molecule has 9 atom stereocenters. The average molecular weight is 447 g/mol. The first-order valence-electron chi connectivity index (χ1n) is 12.9. The van der Waals surface area contributed by atoms with Crippen molar-refractivity contribution in [2.24, 2.45) is 46.3 Å². The van der Waals surface area contributed by atoms with Crippen LogP contribution in [-0.2, 0) is 23.9 Å². The predicted molar refractivity (Wildman–Crippen MR) is 122 cm³/mol. The summed E-state index contributed by atoms with van der Waals surface area (Å²) in [6, 6.07) is 0. The molecule has 4 aliphatic carbocycles. The lowest BCUT2D eigenvalue weighted by Crippen LogP contribution is -2.57. The largest absolute Gasteiger partial charge is 0.469 e. The van der Waals surface area contributed by atoms with Crippen LogP contribution in [0.2, 0.25) is 0 Å². The summed E-state index contributed by atoms with van der Waals surface area (Å²) in [6.07, 6.45) is 9.48. The molecule has 180 valence electrons. The van der Waals surface area contributed by atoms with Gasteiger partial charge < -0.3 is 9.47 Å². The van der Waals surface area contributed by atoms with Crippen molar-refractivity contribution in [3.8, 4) is 0 Å². The fourth-order valence-electron chi connectivity index (χ4n) is 8.97. The van der Waals surface area contributed by atoms with Crippen LogP contribution in [0.3, 0.4) is 0 Å². The standard InChI is InChI=1S/C27H42O5/c1-16(6-9-25(30)31-5)20-7-8-21-19-15-24(29)23-14-18(32-17(2)28)10-12-27(23,4)22(19)11-13-26(20,21)3/h16,18-23H,6-15H2,1-5H3/t16-,18-,19+,20-,21+,22+,23-,26+,27-/m1/s1. The maximum absolute atomic E-state index is 13.4. The zero-order valence-corrected chi connectivity index (χ0v) is 20.7. The van der Waals surface area contributed by atoms with Crippen LogP contribution in [0, 0.1) is 46.3 Å². The van der Waals surface area contributed by atoms with Crippen molar-refractivity contribution in [1.82, 2.24) is 0 Å². The Morgan fingerprint density at radius 1 is 1.06 bits per heavy atom. The Labute approximate surface area is 193 Å². The molecule has 32 heavy (non-hydrogen) atoms. The van der Waals surface area contributed by atoms with Gasteiger partial charge in [0.05, 0.1) is 7.11 Å². The number of Topliss-reactive ketones (excluding diaryl/α,β-unsaturated/α-hetero) is 1. The summed E-state index contributed by atoms with van der Waals surface area (Å²) in [5.74, 6) is 2.95. The molecular weight excluding hydrogens is 404 g/mol.